The molecule has 0 spiro atoms. The van der Waals surface area contributed by atoms with Crippen molar-refractivity contribution in [1.82, 2.24) is 9.21 Å². The van der Waals surface area contributed by atoms with Crippen LogP contribution in [0.5, 0.6) is 0 Å². The second-order valence-corrected chi connectivity index (χ2v) is 9.37. The quantitative estimate of drug-likeness (QED) is 0.627. The molecule has 3 rings (SSSR count). The average Bonchev–Trinajstić information content (AvgIpc) is 2.71. The normalized spacial score (nSPS) is 18.3. The summed E-state index contributed by atoms with van der Waals surface area (Å²) in [6.07, 6.45) is 0.0922. The molecule has 1 aliphatic rings. The highest BCUT2D eigenvalue weighted by atomic mass is 32.2. The van der Waals surface area contributed by atoms with E-state index in [1.165, 1.54) is 16.4 Å². The lowest BCUT2D eigenvalue weighted by Gasteiger charge is -2.40. The molecule has 2 aromatic rings. The number of rotatable bonds is 7. The SMILES string of the molecule is CCOC(=O)CC1CN(S(=O)(=O)c2ccc(C)cc2)CCN1Cc1ccc(F)cc1. The first-order valence-corrected chi connectivity index (χ1v) is 11.4. The smallest absolute Gasteiger partial charge is 0.307 e. The molecule has 1 fully saturated rings. The van der Waals surface area contributed by atoms with Crippen LogP contribution in [0.3, 0.4) is 0 Å². The summed E-state index contributed by atoms with van der Waals surface area (Å²) in [5.74, 6) is -0.669. The minimum Gasteiger partial charge on any atom is -0.466 e. The first-order valence-electron chi connectivity index (χ1n) is 10.0. The number of esters is 1. The first kappa shape index (κ1) is 22.4. The lowest BCUT2D eigenvalue weighted by atomic mass is 10.1. The van der Waals surface area contributed by atoms with Crippen LogP contribution < -0.4 is 0 Å². The number of hydrogen-bond acceptors (Lipinski definition) is 5. The predicted octanol–water partition coefficient (Wildman–Crippen LogP) is 2.96. The van der Waals surface area contributed by atoms with Crippen LogP contribution >= 0.6 is 0 Å². The minimum atomic E-state index is -3.66. The van der Waals surface area contributed by atoms with Gasteiger partial charge in [-0.3, -0.25) is 9.69 Å². The van der Waals surface area contributed by atoms with Crippen molar-refractivity contribution in [1.29, 1.82) is 0 Å². The first-order chi connectivity index (χ1) is 14.3. The van der Waals surface area contributed by atoms with Gasteiger partial charge in [0.05, 0.1) is 17.9 Å². The van der Waals surface area contributed by atoms with Crippen molar-refractivity contribution in [2.24, 2.45) is 0 Å². The van der Waals surface area contributed by atoms with E-state index >= 15 is 0 Å². The molecule has 1 saturated heterocycles. The van der Waals surface area contributed by atoms with Crippen LogP contribution in [0.15, 0.2) is 53.4 Å². The van der Waals surface area contributed by atoms with Crippen molar-refractivity contribution in [3.05, 3.63) is 65.5 Å². The number of carbonyl (C=O) groups excluding carboxylic acids is 1. The van der Waals surface area contributed by atoms with Crippen molar-refractivity contribution < 1.29 is 22.3 Å². The standard InChI is InChI=1S/C22H27FN2O4S/c1-3-29-22(26)14-20-16-25(30(27,28)21-10-4-17(2)5-11-21)13-12-24(20)15-18-6-8-19(23)9-7-18/h4-11,20H,3,12-16H2,1-2H3. The fourth-order valence-electron chi connectivity index (χ4n) is 3.58. The highest BCUT2D eigenvalue weighted by Crippen LogP contribution is 2.23. The Hall–Kier alpha value is -2.29. The Bertz CT molecular complexity index is 962. The number of benzene rings is 2. The van der Waals surface area contributed by atoms with Crippen molar-refractivity contribution in [2.45, 2.75) is 37.8 Å². The molecule has 0 N–H and O–H groups in total. The van der Waals surface area contributed by atoms with Crippen LogP contribution in [0.25, 0.3) is 0 Å². The van der Waals surface area contributed by atoms with Gasteiger partial charge < -0.3 is 4.74 Å². The van der Waals surface area contributed by atoms with Crippen molar-refractivity contribution in [3.8, 4) is 0 Å². The monoisotopic (exact) mass is 434 g/mol. The Morgan fingerprint density at radius 3 is 2.40 bits per heavy atom. The van der Waals surface area contributed by atoms with E-state index in [0.717, 1.165) is 11.1 Å². The highest BCUT2D eigenvalue weighted by Gasteiger charge is 2.35. The number of hydrogen-bond donors (Lipinski definition) is 0. The maximum Gasteiger partial charge on any atom is 0.307 e. The summed E-state index contributed by atoms with van der Waals surface area (Å²) >= 11 is 0. The van der Waals surface area contributed by atoms with E-state index in [9.17, 15) is 17.6 Å². The second-order valence-electron chi connectivity index (χ2n) is 7.44. The Balaban J connectivity index is 1.79. The Morgan fingerprint density at radius 1 is 1.10 bits per heavy atom. The van der Waals surface area contributed by atoms with Crippen molar-refractivity contribution in [3.63, 3.8) is 0 Å². The molecule has 1 unspecified atom stereocenters. The third-order valence-corrected chi connectivity index (χ3v) is 7.11. The summed E-state index contributed by atoms with van der Waals surface area (Å²) in [6, 6.07) is 12.6. The molecular formula is C22H27FN2O4S. The van der Waals surface area contributed by atoms with Crippen LogP contribution in [-0.2, 0) is 26.1 Å². The zero-order valence-corrected chi connectivity index (χ0v) is 18.1. The predicted molar refractivity (Wildman–Crippen MR) is 112 cm³/mol. The number of halogens is 1. The largest absolute Gasteiger partial charge is 0.466 e. The van der Waals surface area contributed by atoms with Gasteiger partial charge in [0.2, 0.25) is 10.0 Å². The van der Waals surface area contributed by atoms with Gasteiger partial charge in [0.15, 0.2) is 0 Å². The fourth-order valence-corrected chi connectivity index (χ4v) is 5.05. The minimum absolute atomic E-state index is 0.0922. The Labute approximate surface area is 177 Å². The van der Waals surface area contributed by atoms with Gasteiger partial charge in [-0.2, -0.15) is 4.31 Å². The number of ether oxygens (including phenoxy) is 1. The molecular weight excluding hydrogens is 407 g/mol. The van der Waals surface area contributed by atoms with E-state index in [2.05, 4.69) is 4.90 Å². The van der Waals surface area contributed by atoms with Gasteiger partial charge in [-0.1, -0.05) is 29.8 Å². The summed E-state index contributed by atoms with van der Waals surface area (Å²) in [6.45, 7) is 5.39. The number of carbonyl (C=O) groups is 1. The van der Waals surface area contributed by atoms with Gasteiger partial charge in [0.1, 0.15) is 5.82 Å². The van der Waals surface area contributed by atoms with Crippen molar-refractivity contribution >= 4 is 16.0 Å². The van der Waals surface area contributed by atoms with Crippen LogP contribution in [-0.4, -0.2) is 55.9 Å². The molecule has 0 bridgehead atoms. The van der Waals surface area contributed by atoms with Gasteiger partial charge in [0, 0.05) is 32.2 Å². The lowest BCUT2D eigenvalue weighted by Crippen LogP contribution is -2.54. The topological polar surface area (TPSA) is 66.9 Å². The lowest BCUT2D eigenvalue weighted by molar-refractivity contribution is -0.145. The molecule has 0 radical (unpaired) electrons. The van der Waals surface area contributed by atoms with Gasteiger partial charge in [-0.05, 0) is 43.7 Å². The van der Waals surface area contributed by atoms with Crippen LogP contribution in [0.2, 0.25) is 0 Å². The molecule has 162 valence electrons. The molecule has 0 aliphatic carbocycles. The van der Waals surface area contributed by atoms with Crippen LogP contribution in [0, 0.1) is 12.7 Å². The summed E-state index contributed by atoms with van der Waals surface area (Å²) in [5.41, 5.74) is 1.89. The maximum absolute atomic E-state index is 13.2. The van der Waals surface area contributed by atoms with Gasteiger partial charge in [0.25, 0.3) is 0 Å². The molecule has 0 amide bonds. The zero-order valence-electron chi connectivity index (χ0n) is 17.3. The molecule has 0 saturated carbocycles. The van der Waals surface area contributed by atoms with Crippen molar-refractivity contribution in [2.75, 3.05) is 26.2 Å². The number of piperazine rings is 1. The third-order valence-electron chi connectivity index (χ3n) is 5.23. The van der Waals surface area contributed by atoms with Crippen LogP contribution in [0.4, 0.5) is 4.39 Å². The maximum atomic E-state index is 13.2. The second kappa shape index (κ2) is 9.68. The van der Waals surface area contributed by atoms with E-state index in [-0.39, 0.29) is 42.3 Å². The molecule has 6 nitrogen and oxygen atoms in total. The summed E-state index contributed by atoms with van der Waals surface area (Å²) in [5, 5.41) is 0. The van der Waals surface area contributed by atoms with E-state index in [0.29, 0.717) is 19.6 Å². The molecule has 1 heterocycles. The Kier molecular flexibility index (Phi) is 7.23. The molecule has 1 atom stereocenters. The molecule has 30 heavy (non-hydrogen) atoms. The zero-order chi connectivity index (χ0) is 21.7. The summed E-state index contributed by atoms with van der Waals surface area (Å²) in [7, 11) is -3.66. The summed E-state index contributed by atoms with van der Waals surface area (Å²) < 4.78 is 46.0. The fraction of sp³-hybridized carbons (Fsp3) is 0.409. The third kappa shape index (κ3) is 5.44. The molecule has 2 aromatic carbocycles. The van der Waals surface area contributed by atoms with E-state index in [1.807, 2.05) is 6.92 Å². The average molecular weight is 435 g/mol. The van der Waals surface area contributed by atoms with Crippen LogP contribution in [0.1, 0.15) is 24.5 Å². The number of aryl methyl sites for hydroxylation is 1. The molecule has 0 aromatic heterocycles. The summed E-state index contributed by atoms with van der Waals surface area (Å²) in [4.78, 5) is 14.5. The van der Waals surface area contributed by atoms with Gasteiger partial charge in [-0.15, -0.1) is 0 Å². The molecule has 8 heteroatoms. The van der Waals surface area contributed by atoms with E-state index in [4.69, 9.17) is 4.74 Å². The van der Waals surface area contributed by atoms with E-state index in [1.54, 1.807) is 43.3 Å². The number of nitrogens with zero attached hydrogens (tertiary/aromatic N) is 2. The van der Waals surface area contributed by atoms with Gasteiger partial charge >= 0.3 is 5.97 Å². The highest BCUT2D eigenvalue weighted by molar-refractivity contribution is 7.89. The molecule has 1 aliphatic heterocycles. The van der Waals surface area contributed by atoms with Gasteiger partial charge in [-0.25, -0.2) is 12.8 Å². The Morgan fingerprint density at radius 2 is 1.77 bits per heavy atom. The number of sulfonamides is 1. The van der Waals surface area contributed by atoms with E-state index < -0.39 is 10.0 Å².